The third-order valence-electron chi connectivity index (χ3n) is 3.24. The summed E-state index contributed by atoms with van der Waals surface area (Å²) in [5.41, 5.74) is 8.35. The average Bonchev–Trinajstić information content (AvgIpc) is 2.85. The van der Waals surface area contributed by atoms with Gasteiger partial charge in [0.2, 0.25) is 0 Å². The van der Waals surface area contributed by atoms with Gasteiger partial charge in [-0.1, -0.05) is 0 Å². The van der Waals surface area contributed by atoms with Crippen LogP contribution < -0.4 is 10.6 Å². The van der Waals surface area contributed by atoms with Crippen LogP contribution in [0.3, 0.4) is 0 Å². The molecule has 0 spiro atoms. The van der Waals surface area contributed by atoms with Gasteiger partial charge in [-0.15, -0.1) is 11.3 Å². The molecule has 2 N–H and O–H groups in total. The fourth-order valence-corrected chi connectivity index (χ4v) is 3.61. The van der Waals surface area contributed by atoms with E-state index in [-0.39, 0.29) is 0 Å². The predicted octanol–water partition coefficient (Wildman–Crippen LogP) is 2.93. The maximum absolute atomic E-state index is 5.82. The van der Waals surface area contributed by atoms with Crippen molar-refractivity contribution in [1.82, 2.24) is 4.98 Å². The van der Waals surface area contributed by atoms with E-state index >= 15 is 0 Å². The second kappa shape index (κ2) is 4.99. The number of halogens is 1. The second-order valence-corrected chi connectivity index (χ2v) is 6.30. The molecule has 0 radical (unpaired) electrons. The van der Waals surface area contributed by atoms with Crippen molar-refractivity contribution in [2.45, 2.75) is 19.5 Å². The fourth-order valence-electron chi connectivity index (χ4n) is 2.34. The van der Waals surface area contributed by atoms with E-state index in [2.05, 4.69) is 43.3 Å². The highest BCUT2D eigenvalue weighted by Crippen LogP contribution is 2.29. The molecule has 0 saturated heterocycles. The van der Waals surface area contributed by atoms with Crippen LogP contribution in [-0.4, -0.2) is 11.5 Å². The van der Waals surface area contributed by atoms with Gasteiger partial charge in [0.05, 0.1) is 0 Å². The summed E-state index contributed by atoms with van der Waals surface area (Å²) in [6, 6.07) is 4.28. The number of thiophene rings is 1. The van der Waals surface area contributed by atoms with Crippen molar-refractivity contribution < 1.29 is 0 Å². The Labute approximate surface area is 119 Å². The Bertz CT molecular complexity index is 567. The molecule has 94 valence electrons. The Kier molecular flexibility index (Phi) is 3.37. The van der Waals surface area contributed by atoms with Gasteiger partial charge in [-0.05, 0) is 45.4 Å². The number of hydrogen-bond donors (Lipinski definition) is 1. The van der Waals surface area contributed by atoms with Crippen molar-refractivity contribution in [2.75, 3.05) is 11.4 Å². The van der Waals surface area contributed by atoms with Crippen LogP contribution >= 0.6 is 27.3 Å². The van der Waals surface area contributed by atoms with E-state index in [0.29, 0.717) is 6.54 Å². The van der Waals surface area contributed by atoms with E-state index in [9.17, 15) is 0 Å². The molecule has 18 heavy (non-hydrogen) atoms. The number of aromatic nitrogens is 1. The van der Waals surface area contributed by atoms with Crippen LogP contribution in [0.15, 0.2) is 28.2 Å². The van der Waals surface area contributed by atoms with Gasteiger partial charge < -0.3 is 10.6 Å². The van der Waals surface area contributed by atoms with E-state index in [1.807, 2.05) is 17.5 Å². The molecule has 5 heteroatoms. The zero-order valence-electron chi connectivity index (χ0n) is 9.90. The quantitative estimate of drug-likeness (QED) is 0.924. The van der Waals surface area contributed by atoms with Crippen molar-refractivity contribution in [3.63, 3.8) is 0 Å². The normalized spacial score (nSPS) is 14.7. The summed E-state index contributed by atoms with van der Waals surface area (Å²) in [5.74, 6) is 1.03. The van der Waals surface area contributed by atoms with Crippen molar-refractivity contribution in [3.05, 3.63) is 44.2 Å². The number of rotatable bonds is 2. The molecule has 0 aliphatic carbocycles. The van der Waals surface area contributed by atoms with E-state index < -0.39 is 0 Å². The van der Waals surface area contributed by atoms with Crippen LogP contribution in [0.4, 0.5) is 5.82 Å². The van der Waals surface area contributed by atoms with Gasteiger partial charge >= 0.3 is 0 Å². The lowest BCUT2D eigenvalue weighted by Gasteiger charge is -2.29. The molecule has 1 aliphatic heterocycles. The third-order valence-corrected chi connectivity index (χ3v) is 4.69. The van der Waals surface area contributed by atoms with Crippen molar-refractivity contribution in [2.24, 2.45) is 5.73 Å². The number of nitrogens with zero attached hydrogens (tertiary/aromatic N) is 2. The molecule has 0 atom stereocenters. The molecule has 0 amide bonds. The lowest BCUT2D eigenvalue weighted by Crippen LogP contribution is -2.31. The Morgan fingerprint density at radius 3 is 3.22 bits per heavy atom. The Balaban J connectivity index is 1.93. The lowest BCUT2D eigenvalue weighted by atomic mass is 10.1. The van der Waals surface area contributed by atoms with Gasteiger partial charge in [-0.25, -0.2) is 4.98 Å². The molecular formula is C13H14BrN3S. The van der Waals surface area contributed by atoms with Crippen LogP contribution in [0, 0.1) is 0 Å². The number of hydrogen-bond acceptors (Lipinski definition) is 4. The Hall–Kier alpha value is -0.910. The number of anilines is 1. The molecule has 0 unspecified atom stereocenters. The van der Waals surface area contributed by atoms with Crippen molar-refractivity contribution in [3.8, 4) is 0 Å². The highest BCUT2D eigenvalue weighted by molar-refractivity contribution is 9.10. The summed E-state index contributed by atoms with van der Waals surface area (Å²) in [6.07, 6.45) is 2.95. The summed E-state index contributed by atoms with van der Waals surface area (Å²) in [6.45, 7) is 2.49. The van der Waals surface area contributed by atoms with E-state index in [0.717, 1.165) is 35.4 Å². The minimum Gasteiger partial charge on any atom is -0.352 e. The predicted molar refractivity (Wildman–Crippen MR) is 78.9 cm³/mol. The zero-order valence-corrected chi connectivity index (χ0v) is 12.3. The highest BCUT2D eigenvalue weighted by Gasteiger charge is 2.20. The van der Waals surface area contributed by atoms with E-state index in [1.54, 1.807) is 0 Å². The maximum Gasteiger partial charge on any atom is 0.133 e. The molecule has 3 nitrogen and oxygen atoms in total. The molecule has 3 rings (SSSR count). The van der Waals surface area contributed by atoms with Crippen LogP contribution in [0.25, 0.3) is 0 Å². The lowest BCUT2D eigenvalue weighted by molar-refractivity contribution is 0.725. The van der Waals surface area contributed by atoms with Crippen LogP contribution in [-0.2, 0) is 19.5 Å². The van der Waals surface area contributed by atoms with E-state index in [1.165, 1.54) is 10.4 Å². The molecule has 0 fully saturated rings. The number of pyridine rings is 1. The first-order valence-corrected chi connectivity index (χ1v) is 7.60. The minimum atomic E-state index is 0.523. The number of nitrogens with two attached hydrogens (primary N) is 1. The molecular weight excluding hydrogens is 310 g/mol. The Morgan fingerprint density at radius 1 is 1.50 bits per heavy atom. The third kappa shape index (κ3) is 2.18. The first-order chi connectivity index (χ1) is 8.78. The van der Waals surface area contributed by atoms with Gasteiger partial charge in [-0.3, -0.25) is 0 Å². The van der Waals surface area contributed by atoms with E-state index in [4.69, 9.17) is 5.73 Å². The zero-order chi connectivity index (χ0) is 12.5. The van der Waals surface area contributed by atoms with Gasteiger partial charge in [0, 0.05) is 40.7 Å². The molecule has 1 aliphatic rings. The largest absolute Gasteiger partial charge is 0.352 e. The molecule has 2 aromatic rings. The summed E-state index contributed by atoms with van der Waals surface area (Å²) < 4.78 is 0.986. The molecule has 3 heterocycles. The van der Waals surface area contributed by atoms with Gasteiger partial charge in [0.1, 0.15) is 5.82 Å². The highest BCUT2D eigenvalue weighted by atomic mass is 79.9. The monoisotopic (exact) mass is 323 g/mol. The minimum absolute atomic E-state index is 0.523. The topological polar surface area (TPSA) is 42.1 Å². The first-order valence-electron chi connectivity index (χ1n) is 5.92. The molecule has 0 bridgehead atoms. The summed E-state index contributed by atoms with van der Waals surface area (Å²) in [5, 5.41) is 2.17. The van der Waals surface area contributed by atoms with Crippen molar-refractivity contribution in [1.29, 1.82) is 0 Å². The van der Waals surface area contributed by atoms with Crippen LogP contribution in [0.2, 0.25) is 0 Å². The fraction of sp³-hybridized carbons (Fsp3) is 0.308. The summed E-state index contributed by atoms with van der Waals surface area (Å²) in [4.78, 5) is 8.37. The smallest absolute Gasteiger partial charge is 0.133 e. The molecule has 0 saturated carbocycles. The van der Waals surface area contributed by atoms with Gasteiger partial charge in [0.25, 0.3) is 0 Å². The molecule has 2 aromatic heterocycles. The standard InChI is InChI=1S/C13H14BrN3S/c14-11-5-10(6-15)13(16-7-11)17-3-1-12-9(8-17)2-4-18-12/h2,4-5,7H,1,3,6,8,15H2. The van der Waals surface area contributed by atoms with Gasteiger partial charge in [0.15, 0.2) is 0 Å². The number of fused-ring (bicyclic) bond motifs is 1. The van der Waals surface area contributed by atoms with Crippen LogP contribution in [0.5, 0.6) is 0 Å². The second-order valence-electron chi connectivity index (χ2n) is 4.38. The average molecular weight is 324 g/mol. The van der Waals surface area contributed by atoms with Gasteiger partial charge in [-0.2, -0.15) is 0 Å². The summed E-state index contributed by atoms with van der Waals surface area (Å²) >= 11 is 5.30. The van der Waals surface area contributed by atoms with Crippen LogP contribution in [0.1, 0.15) is 16.0 Å². The Morgan fingerprint density at radius 2 is 2.39 bits per heavy atom. The maximum atomic E-state index is 5.82. The SMILES string of the molecule is NCc1cc(Br)cnc1N1CCc2sccc2C1. The summed E-state index contributed by atoms with van der Waals surface area (Å²) in [7, 11) is 0. The van der Waals surface area contributed by atoms with Crippen molar-refractivity contribution >= 4 is 33.1 Å². The molecule has 0 aromatic carbocycles. The first kappa shape index (κ1) is 12.1.